The van der Waals surface area contributed by atoms with E-state index in [9.17, 15) is 4.79 Å². The van der Waals surface area contributed by atoms with Crippen LogP contribution in [-0.4, -0.2) is 13.1 Å². The van der Waals surface area contributed by atoms with E-state index in [0.717, 1.165) is 11.3 Å². The van der Waals surface area contributed by atoms with Crippen molar-refractivity contribution in [2.45, 2.75) is 26.4 Å². The molecule has 0 radical (unpaired) electrons. The van der Waals surface area contributed by atoms with E-state index < -0.39 is 0 Å². The molecule has 2 rings (SSSR count). The lowest BCUT2D eigenvalue weighted by Gasteiger charge is -2.12. The van der Waals surface area contributed by atoms with Crippen molar-refractivity contribution in [1.82, 2.24) is 0 Å². The molecule has 110 valence electrons. The van der Waals surface area contributed by atoms with Gasteiger partial charge in [-0.1, -0.05) is 44.2 Å². The maximum absolute atomic E-state index is 11.7. The first-order valence-corrected chi connectivity index (χ1v) is 7.00. The van der Waals surface area contributed by atoms with E-state index in [-0.39, 0.29) is 5.97 Å². The van der Waals surface area contributed by atoms with Crippen molar-refractivity contribution < 1.29 is 14.3 Å². The summed E-state index contributed by atoms with van der Waals surface area (Å²) in [6.45, 7) is 4.63. The number of benzene rings is 2. The van der Waals surface area contributed by atoms with Crippen LogP contribution in [0.1, 0.15) is 41.3 Å². The molecule has 0 saturated heterocycles. The van der Waals surface area contributed by atoms with Gasteiger partial charge in [-0.2, -0.15) is 0 Å². The summed E-state index contributed by atoms with van der Waals surface area (Å²) in [5.74, 6) is 0.918. The van der Waals surface area contributed by atoms with Crippen LogP contribution in [0.2, 0.25) is 0 Å². The third-order valence-corrected chi connectivity index (χ3v) is 3.34. The van der Waals surface area contributed by atoms with Crippen LogP contribution in [0.25, 0.3) is 0 Å². The Morgan fingerprint density at radius 1 is 1.10 bits per heavy atom. The van der Waals surface area contributed by atoms with Crippen LogP contribution in [0, 0.1) is 0 Å². The van der Waals surface area contributed by atoms with Gasteiger partial charge in [0.25, 0.3) is 0 Å². The van der Waals surface area contributed by atoms with E-state index in [1.54, 1.807) is 6.07 Å². The monoisotopic (exact) mass is 284 g/mol. The smallest absolute Gasteiger partial charge is 0.338 e. The van der Waals surface area contributed by atoms with Gasteiger partial charge < -0.3 is 9.47 Å². The molecule has 0 spiro atoms. The Balaban J connectivity index is 2.13. The highest BCUT2D eigenvalue weighted by atomic mass is 16.5. The second-order valence-corrected chi connectivity index (χ2v) is 5.16. The first kappa shape index (κ1) is 15.1. The minimum Gasteiger partial charge on any atom is -0.489 e. The summed E-state index contributed by atoms with van der Waals surface area (Å²) in [6, 6.07) is 15.3. The zero-order valence-electron chi connectivity index (χ0n) is 12.6. The van der Waals surface area contributed by atoms with Gasteiger partial charge in [-0.3, -0.25) is 0 Å². The summed E-state index contributed by atoms with van der Waals surface area (Å²) in [4.78, 5) is 11.7. The number of rotatable bonds is 5. The first-order chi connectivity index (χ1) is 10.1. The molecule has 3 nitrogen and oxygen atoms in total. The second-order valence-electron chi connectivity index (χ2n) is 5.16. The maximum atomic E-state index is 11.7. The van der Waals surface area contributed by atoms with Gasteiger partial charge in [-0.25, -0.2) is 4.79 Å². The molecule has 0 heterocycles. The summed E-state index contributed by atoms with van der Waals surface area (Å²) >= 11 is 0. The predicted octanol–water partition coefficient (Wildman–Crippen LogP) is 4.18. The zero-order chi connectivity index (χ0) is 15.2. The molecule has 0 saturated carbocycles. The van der Waals surface area contributed by atoms with Gasteiger partial charge in [0.15, 0.2) is 0 Å². The molecule has 3 heteroatoms. The normalized spacial score (nSPS) is 10.5. The number of hydrogen-bond acceptors (Lipinski definition) is 3. The summed E-state index contributed by atoms with van der Waals surface area (Å²) < 4.78 is 10.6. The van der Waals surface area contributed by atoms with Crippen LogP contribution in [0.5, 0.6) is 5.75 Å². The Kier molecular flexibility index (Phi) is 4.99. The summed E-state index contributed by atoms with van der Waals surface area (Å²) in [5, 5.41) is 0. The average molecular weight is 284 g/mol. The highest BCUT2D eigenvalue weighted by molar-refractivity contribution is 5.90. The van der Waals surface area contributed by atoms with Crippen molar-refractivity contribution >= 4 is 5.97 Å². The molecule has 2 aromatic rings. The number of carbonyl (C=O) groups is 1. The van der Waals surface area contributed by atoms with Crippen molar-refractivity contribution in [1.29, 1.82) is 0 Å². The topological polar surface area (TPSA) is 35.5 Å². The first-order valence-electron chi connectivity index (χ1n) is 7.00. The third-order valence-electron chi connectivity index (χ3n) is 3.34. The minimum absolute atomic E-state index is 0.340. The summed E-state index contributed by atoms with van der Waals surface area (Å²) in [6.07, 6.45) is 0. The molecule has 0 N–H and O–H groups in total. The predicted molar refractivity (Wildman–Crippen MR) is 82.6 cm³/mol. The number of hydrogen-bond donors (Lipinski definition) is 0. The summed E-state index contributed by atoms with van der Waals surface area (Å²) in [5.41, 5.74) is 2.59. The quantitative estimate of drug-likeness (QED) is 0.773. The van der Waals surface area contributed by atoms with E-state index in [1.807, 2.05) is 36.4 Å². The largest absolute Gasteiger partial charge is 0.489 e. The molecule has 0 aliphatic heterocycles. The molecule has 0 unspecified atom stereocenters. The van der Waals surface area contributed by atoms with E-state index in [1.165, 1.54) is 12.7 Å². The van der Waals surface area contributed by atoms with Crippen LogP contribution >= 0.6 is 0 Å². The second kappa shape index (κ2) is 6.93. The van der Waals surface area contributed by atoms with Gasteiger partial charge in [0.05, 0.1) is 12.7 Å². The van der Waals surface area contributed by atoms with Crippen molar-refractivity contribution in [2.75, 3.05) is 7.11 Å². The summed E-state index contributed by atoms with van der Waals surface area (Å²) in [7, 11) is 1.38. The Hall–Kier alpha value is -2.29. The van der Waals surface area contributed by atoms with Crippen molar-refractivity contribution in [3.63, 3.8) is 0 Å². The molecular formula is C18H20O3. The van der Waals surface area contributed by atoms with E-state index in [4.69, 9.17) is 9.47 Å². The van der Waals surface area contributed by atoms with E-state index in [2.05, 4.69) is 19.9 Å². The van der Waals surface area contributed by atoms with Crippen LogP contribution in [-0.2, 0) is 11.3 Å². The number of ether oxygens (including phenoxy) is 2. The molecule has 0 aromatic heterocycles. The van der Waals surface area contributed by atoms with Crippen molar-refractivity contribution in [2.24, 2.45) is 0 Å². The Morgan fingerprint density at radius 2 is 1.86 bits per heavy atom. The lowest BCUT2D eigenvalue weighted by Crippen LogP contribution is -2.07. The van der Waals surface area contributed by atoms with Crippen molar-refractivity contribution in [3.8, 4) is 5.75 Å². The fourth-order valence-electron chi connectivity index (χ4n) is 2.08. The van der Waals surface area contributed by atoms with Crippen LogP contribution in [0.4, 0.5) is 0 Å². The fraction of sp³-hybridized carbons (Fsp3) is 0.278. The molecule has 21 heavy (non-hydrogen) atoms. The highest BCUT2D eigenvalue weighted by Crippen LogP contribution is 2.21. The van der Waals surface area contributed by atoms with Gasteiger partial charge in [0.1, 0.15) is 12.4 Å². The van der Waals surface area contributed by atoms with Gasteiger partial charge in [-0.05, 0) is 29.7 Å². The average Bonchev–Trinajstić information content (AvgIpc) is 2.52. The standard InChI is InChI=1S/C18H20O3/c1-13(2)14-8-6-9-16(11-14)21-12-15-7-4-5-10-17(15)18(19)20-3/h4-11,13H,12H2,1-3H3. The molecule has 0 fully saturated rings. The number of esters is 1. The Morgan fingerprint density at radius 3 is 2.57 bits per heavy atom. The molecule has 2 aromatic carbocycles. The van der Waals surface area contributed by atoms with Crippen LogP contribution < -0.4 is 4.74 Å². The molecule has 0 amide bonds. The van der Waals surface area contributed by atoms with Gasteiger partial charge in [0.2, 0.25) is 0 Å². The Labute approximate surface area is 125 Å². The molecule has 0 aliphatic carbocycles. The van der Waals surface area contributed by atoms with Crippen LogP contribution in [0.15, 0.2) is 48.5 Å². The van der Waals surface area contributed by atoms with Crippen LogP contribution in [0.3, 0.4) is 0 Å². The van der Waals surface area contributed by atoms with E-state index >= 15 is 0 Å². The third kappa shape index (κ3) is 3.85. The fourth-order valence-corrected chi connectivity index (χ4v) is 2.08. The zero-order valence-corrected chi connectivity index (χ0v) is 12.6. The lowest BCUT2D eigenvalue weighted by molar-refractivity contribution is 0.0597. The highest BCUT2D eigenvalue weighted by Gasteiger charge is 2.11. The lowest BCUT2D eigenvalue weighted by atomic mass is 10.0. The van der Waals surface area contributed by atoms with Crippen molar-refractivity contribution in [3.05, 3.63) is 65.2 Å². The molecular weight excluding hydrogens is 264 g/mol. The SMILES string of the molecule is COC(=O)c1ccccc1COc1cccc(C(C)C)c1. The van der Waals surface area contributed by atoms with E-state index in [0.29, 0.717) is 18.1 Å². The maximum Gasteiger partial charge on any atom is 0.338 e. The molecule has 0 bridgehead atoms. The molecule has 0 atom stereocenters. The number of methoxy groups -OCH3 is 1. The van der Waals surface area contributed by atoms with Gasteiger partial charge in [0, 0.05) is 5.56 Å². The molecule has 0 aliphatic rings. The Bertz CT molecular complexity index is 617. The number of carbonyl (C=O) groups excluding carboxylic acids is 1. The minimum atomic E-state index is -0.342. The van der Waals surface area contributed by atoms with Gasteiger partial charge >= 0.3 is 5.97 Å². The van der Waals surface area contributed by atoms with Gasteiger partial charge in [-0.15, -0.1) is 0 Å².